The molecule has 0 saturated heterocycles. The van der Waals surface area contributed by atoms with E-state index < -0.39 is 0 Å². The summed E-state index contributed by atoms with van der Waals surface area (Å²) in [5.41, 5.74) is 4.56. The lowest BCUT2D eigenvalue weighted by molar-refractivity contribution is 0.713. The Kier molecular flexibility index (Phi) is 3.55. The van der Waals surface area contributed by atoms with E-state index in [1.807, 2.05) is 32.7 Å². The van der Waals surface area contributed by atoms with E-state index in [9.17, 15) is 0 Å². The van der Waals surface area contributed by atoms with E-state index in [1.54, 1.807) is 0 Å². The van der Waals surface area contributed by atoms with E-state index in [0.717, 1.165) is 17.9 Å². The molecule has 0 bridgehead atoms. The van der Waals surface area contributed by atoms with Crippen molar-refractivity contribution in [1.29, 1.82) is 0 Å². The molecule has 0 atom stereocenters. The Hall–Kier alpha value is -1.97. The second-order valence-electron chi connectivity index (χ2n) is 4.70. The Morgan fingerprint density at radius 2 is 2.06 bits per heavy atom. The topological polar surface area (TPSA) is 33.1 Å². The largest absolute Gasteiger partial charge is 0.379 e. The maximum absolute atomic E-state index is 4.34. The third-order valence-electron chi connectivity index (χ3n) is 2.94. The molecule has 1 aromatic carbocycles. The van der Waals surface area contributed by atoms with Crippen LogP contribution < -0.4 is 10.2 Å². The fraction of sp³-hybridized carbons (Fsp3) is 0.357. The van der Waals surface area contributed by atoms with Crippen LogP contribution in [0.15, 0.2) is 30.3 Å². The smallest absolute Gasteiger partial charge is 0.0597 e. The van der Waals surface area contributed by atoms with E-state index in [-0.39, 0.29) is 0 Å². The van der Waals surface area contributed by atoms with Gasteiger partial charge in [-0.15, -0.1) is 0 Å². The third-order valence-corrected chi connectivity index (χ3v) is 2.94. The molecule has 2 aromatic rings. The predicted molar refractivity (Wildman–Crippen MR) is 76.0 cm³/mol. The summed E-state index contributed by atoms with van der Waals surface area (Å²) in [6.07, 6.45) is 0. The summed E-state index contributed by atoms with van der Waals surface area (Å²) in [4.78, 5) is 2.10. The first-order valence-corrected chi connectivity index (χ1v) is 6.07. The Morgan fingerprint density at radius 3 is 2.67 bits per heavy atom. The molecule has 0 saturated carbocycles. The SMILES string of the molecule is Cc1cc(CNc2cccc(N(C)C)c2)n(C)n1. The molecular formula is C14H20N4. The minimum atomic E-state index is 0.786. The third kappa shape index (κ3) is 2.83. The van der Waals surface area contributed by atoms with Gasteiger partial charge in [0.15, 0.2) is 0 Å². The highest BCUT2D eigenvalue weighted by molar-refractivity contribution is 5.57. The number of nitrogens with one attached hydrogen (secondary N) is 1. The van der Waals surface area contributed by atoms with Crippen molar-refractivity contribution in [3.05, 3.63) is 41.7 Å². The molecule has 0 aliphatic rings. The van der Waals surface area contributed by atoms with Gasteiger partial charge in [0.05, 0.1) is 17.9 Å². The molecule has 4 heteroatoms. The fourth-order valence-corrected chi connectivity index (χ4v) is 1.92. The van der Waals surface area contributed by atoms with Crippen LogP contribution in [0.4, 0.5) is 11.4 Å². The lowest BCUT2D eigenvalue weighted by atomic mass is 10.2. The van der Waals surface area contributed by atoms with Crippen molar-refractivity contribution < 1.29 is 0 Å². The van der Waals surface area contributed by atoms with E-state index in [2.05, 4.69) is 45.6 Å². The summed E-state index contributed by atoms with van der Waals surface area (Å²) >= 11 is 0. The van der Waals surface area contributed by atoms with Crippen LogP contribution in [-0.4, -0.2) is 23.9 Å². The first kappa shape index (κ1) is 12.5. The van der Waals surface area contributed by atoms with Crippen LogP contribution in [-0.2, 0) is 13.6 Å². The van der Waals surface area contributed by atoms with Crippen LogP contribution in [0.5, 0.6) is 0 Å². The van der Waals surface area contributed by atoms with Gasteiger partial charge in [0.25, 0.3) is 0 Å². The fourth-order valence-electron chi connectivity index (χ4n) is 1.92. The van der Waals surface area contributed by atoms with Gasteiger partial charge >= 0.3 is 0 Å². The molecule has 0 fully saturated rings. The van der Waals surface area contributed by atoms with Crippen LogP contribution in [0.1, 0.15) is 11.4 Å². The summed E-state index contributed by atoms with van der Waals surface area (Å²) < 4.78 is 1.91. The van der Waals surface area contributed by atoms with E-state index in [0.29, 0.717) is 0 Å². The highest BCUT2D eigenvalue weighted by Gasteiger charge is 2.02. The predicted octanol–water partition coefficient (Wildman–Crippen LogP) is 2.41. The highest BCUT2D eigenvalue weighted by Crippen LogP contribution is 2.18. The van der Waals surface area contributed by atoms with Crippen molar-refractivity contribution in [2.75, 3.05) is 24.3 Å². The molecule has 1 N–H and O–H groups in total. The van der Waals surface area contributed by atoms with Crippen LogP contribution in [0.2, 0.25) is 0 Å². The molecule has 0 spiro atoms. The molecule has 0 amide bonds. The summed E-state index contributed by atoms with van der Waals surface area (Å²) in [7, 11) is 6.06. The second kappa shape index (κ2) is 5.12. The lowest BCUT2D eigenvalue weighted by Gasteiger charge is -2.14. The number of anilines is 2. The monoisotopic (exact) mass is 244 g/mol. The number of nitrogens with zero attached hydrogens (tertiary/aromatic N) is 3. The first-order chi connectivity index (χ1) is 8.56. The van der Waals surface area contributed by atoms with E-state index in [4.69, 9.17) is 0 Å². The molecule has 0 aliphatic carbocycles. The van der Waals surface area contributed by atoms with Gasteiger partial charge in [0.2, 0.25) is 0 Å². The van der Waals surface area contributed by atoms with Crippen LogP contribution in [0, 0.1) is 6.92 Å². The zero-order valence-electron chi connectivity index (χ0n) is 11.4. The Morgan fingerprint density at radius 1 is 1.28 bits per heavy atom. The van der Waals surface area contributed by atoms with Crippen LogP contribution in [0.3, 0.4) is 0 Å². The molecule has 1 heterocycles. The number of aryl methyl sites for hydroxylation is 2. The number of hydrogen-bond donors (Lipinski definition) is 1. The molecule has 1 aromatic heterocycles. The summed E-state index contributed by atoms with van der Waals surface area (Å²) in [5, 5.41) is 7.76. The lowest BCUT2D eigenvalue weighted by Crippen LogP contribution is -2.09. The maximum atomic E-state index is 4.34. The second-order valence-corrected chi connectivity index (χ2v) is 4.70. The van der Waals surface area contributed by atoms with Gasteiger partial charge in [-0.3, -0.25) is 4.68 Å². The average molecular weight is 244 g/mol. The standard InChI is InChI=1S/C14H20N4/c1-11-8-14(18(4)16-11)10-15-12-6-5-7-13(9-12)17(2)3/h5-9,15H,10H2,1-4H3. The van der Waals surface area contributed by atoms with Gasteiger partial charge in [-0.1, -0.05) is 6.07 Å². The van der Waals surface area contributed by atoms with Crippen molar-refractivity contribution >= 4 is 11.4 Å². The summed E-state index contributed by atoms with van der Waals surface area (Å²) in [6.45, 7) is 2.80. The molecule has 2 rings (SSSR count). The molecule has 96 valence electrons. The molecule has 18 heavy (non-hydrogen) atoms. The minimum Gasteiger partial charge on any atom is -0.379 e. The van der Waals surface area contributed by atoms with Gasteiger partial charge < -0.3 is 10.2 Å². The summed E-state index contributed by atoms with van der Waals surface area (Å²) in [6, 6.07) is 10.5. The van der Waals surface area contributed by atoms with Crippen molar-refractivity contribution in [2.45, 2.75) is 13.5 Å². The molecular weight excluding hydrogens is 224 g/mol. The summed E-state index contributed by atoms with van der Waals surface area (Å²) in [5.74, 6) is 0. The van der Waals surface area contributed by atoms with Crippen molar-refractivity contribution in [1.82, 2.24) is 9.78 Å². The van der Waals surface area contributed by atoms with Crippen molar-refractivity contribution in [2.24, 2.45) is 7.05 Å². The normalized spacial score (nSPS) is 10.4. The quantitative estimate of drug-likeness (QED) is 0.896. The van der Waals surface area contributed by atoms with Crippen molar-refractivity contribution in [3.63, 3.8) is 0 Å². The van der Waals surface area contributed by atoms with E-state index >= 15 is 0 Å². The van der Waals surface area contributed by atoms with Gasteiger partial charge in [0.1, 0.15) is 0 Å². The number of benzene rings is 1. The van der Waals surface area contributed by atoms with Gasteiger partial charge in [-0.25, -0.2) is 0 Å². The molecule has 0 aliphatic heterocycles. The Balaban J connectivity index is 2.06. The number of rotatable bonds is 4. The zero-order chi connectivity index (χ0) is 13.1. The molecule has 0 radical (unpaired) electrons. The first-order valence-electron chi connectivity index (χ1n) is 6.07. The van der Waals surface area contributed by atoms with E-state index in [1.165, 1.54) is 11.4 Å². The molecule has 0 unspecified atom stereocenters. The Labute approximate surface area is 108 Å². The number of aromatic nitrogens is 2. The number of hydrogen-bond acceptors (Lipinski definition) is 3. The highest BCUT2D eigenvalue weighted by atomic mass is 15.3. The minimum absolute atomic E-state index is 0.786. The maximum Gasteiger partial charge on any atom is 0.0597 e. The average Bonchev–Trinajstić information content (AvgIpc) is 2.65. The Bertz CT molecular complexity index is 528. The molecule has 4 nitrogen and oxygen atoms in total. The van der Waals surface area contributed by atoms with Gasteiger partial charge in [-0.2, -0.15) is 5.10 Å². The zero-order valence-corrected chi connectivity index (χ0v) is 11.4. The van der Waals surface area contributed by atoms with Crippen LogP contribution in [0.25, 0.3) is 0 Å². The van der Waals surface area contributed by atoms with Crippen molar-refractivity contribution in [3.8, 4) is 0 Å². The van der Waals surface area contributed by atoms with Crippen LogP contribution >= 0.6 is 0 Å². The van der Waals surface area contributed by atoms with Gasteiger partial charge in [0, 0.05) is 32.5 Å². The van der Waals surface area contributed by atoms with Gasteiger partial charge in [-0.05, 0) is 31.2 Å².